The summed E-state index contributed by atoms with van der Waals surface area (Å²) in [5, 5.41) is 8.73. The summed E-state index contributed by atoms with van der Waals surface area (Å²) in [7, 11) is 1.06. The summed E-state index contributed by atoms with van der Waals surface area (Å²) in [5.41, 5.74) is 4.74. The fourth-order valence-corrected chi connectivity index (χ4v) is 1.43. The number of alkyl halides is 3. The number of nitrogens with two attached hydrogens (primary N) is 1. The maximum Gasteiger partial charge on any atom is 0.573 e. The third-order valence-electron chi connectivity index (χ3n) is 2.17. The van der Waals surface area contributed by atoms with Crippen LogP contribution in [0, 0.1) is 11.3 Å². The molecule has 1 aromatic rings. The highest BCUT2D eigenvalue weighted by Gasteiger charge is 2.33. The molecule has 2 N–H and O–H groups in total. The summed E-state index contributed by atoms with van der Waals surface area (Å²) < 4.78 is 44.9. The van der Waals surface area contributed by atoms with Crippen LogP contribution in [0.4, 0.5) is 13.2 Å². The van der Waals surface area contributed by atoms with Gasteiger partial charge in [0, 0.05) is 12.1 Å². The normalized spacial score (nSPS) is 10.7. The quantitative estimate of drug-likeness (QED) is 0.848. The van der Waals surface area contributed by atoms with Crippen LogP contribution in [0.15, 0.2) is 12.1 Å². The van der Waals surface area contributed by atoms with Crippen LogP contribution in [0.25, 0.3) is 0 Å². The van der Waals surface area contributed by atoms with Crippen molar-refractivity contribution in [3.8, 4) is 11.8 Å². The Morgan fingerprint density at radius 3 is 2.53 bits per heavy atom. The molecule has 1 rings (SSSR count). The van der Waals surface area contributed by atoms with Crippen LogP contribution in [0.1, 0.15) is 21.5 Å². The lowest BCUT2D eigenvalue weighted by Crippen LogP contribution is -2.20. The number of hydrogen-bond acceptors (Lipinski definition) is 5. The summed E-state index contributed by atoms with van der Waals surface area (Å²) in [6, 6.07) is 3.59. The zero-order valence-corrected chi connectivity index (χ0v) is 9.75. The van der Waals surface area contributed by atoms with Gasteiger partial charge in [0.1, 0.15) is 5.75 Å². The summed E-state index contributed by atoms with van der Waals surface area (Å²) in [4.78, 5) is 11.5. The summed E-state index contributed by atoms with van der Waals surface area (Å²) in [6.45, 7) is -0.373. The zero-order valence-electron chi connectivity index (χ0n) is 9.75. The van der Waals surface area contributed by atoms with Gasteiger partial charge in [-0.1, -0.05) is 0 Å². The highest BCUT2D eigenvalue weighted by molar-refractivity contribution is 5.92. The number of methoxy groups -OCH3 is 1. The molecular weight excluding hydrogens is 265 g/mol. The van der Waals surface area contributed by atoms with Crippen molar-refractivity contribution in [2.24, 2.45) is 5.73 Å². The Kier molecular flexibility index (Phi) is 4.34. The van der Waals surface area contributed by atoms with Crippen LogP contribution in [-0.4, -0.2) is 19.4 Å². The second-order valence-electron chi connectivity index (χ2n) is 3.36. The van der Waals surface area contributed by atoms with E-state index in [1.165, 1.54) is 0 Å². The highest BCUT2D eigenvalue weighted by Crippen LogP contribution is 2.30. The van der Waals surface area contributed by atoms with Crippen LogP contribution >= 0.6 is 0 Å². The number of benzene rings is 1. The largest absolute Gasteiger partial charge is 0.573 e. The number of nitriles is 1. The molecule has 19 heavy (non-hydrogen) atoms. The molecule has 0 saturated heterocycles. The Morgan fingerprint density at radius 2 is 2.11 bits per heavy atom. The van der Waals surface area contributed by atoms with Crippen molar-refractivity contribution >= 4 is 5.97 Å². The van der Waals surface area contributed by atoms with Gasteiger partial charge in [0.2, 0.25) is 0 Å². The molecule has 0 spiro atoms. The van der Waals surface area contributed by atoms with Gasteiger partial charge in [0.25, 0.3) is 0 Å². The molecule has 0 amide bonds. The molecule has 0 aromatic heterocycles. The number of halogens is 3. The second kappa shape index (κ2) is 5.58. The molecule has 102 valence electrons. The SMILES string of the molecule is COC(=O)c1cc(C#N)cc(OC(F)(F)F)c1CN. The Hall–Kier alpha value is -2.27. The van der Waals surface area contributed by atoms with E-state index in [4.69, 9.17) is 11.0 Å². The topological polar surface area (TPSA) is 85.3 Å². The van der Waals surface area contributed by atoms with E-state index in [0.717, 1.165) is 19.2 Å². The van der Waals surface area contributed by atoms with Gasteiger partial charge in [-0.3, -0.25) is 0 Å². The molecule has 0 aliphatic carbocycles. The first-order chi connectivity index (χ1) is 8.82. The van der Waals surface area contributed by atoms with E-state index in [0.29, 0.717) is 0 Å². The summed E-state index contributed by atoms with van der Waals surface area (Å²) in [6.07, 6.45) is -4.95. The Bertz CT molecular complexity index is 535. The van der Waals surface area contributed by atoms with Gasteiger partial charge in [-0.2, -0.15) is 5.26 Å². The molecule has 1 aromatic carbocycles. The predicted octanol–water partition coefficient (Wildman–Crippen LogP) is 1.70. The lowest BCUT2D eigenvalue weighted by atomic mass is 10.0. The number of esters is 1. The minimum atomic E-state index is -4.95. The van der Waals surface area contributed by atoms with Crippen molar-refractivity contribution in [3.05, 3.63) is 28.8 Å². The molecule has 0 radical (unpaired) electrons. The molecule has 0 bridgehead atoms. The van der Waals surface area contributed by atoms with Gasteiger partial charge in [0.15, 0.2) is 0 Å². The minimum Gasteiger partial charge on any atom is -0.465 e. The van der Waals surface area contributed by atoms with Gasteiger partial charge in [-0.25, -0.2) is 4.79 Å². The third kappa shape index (κ3) is 3.59. The van der Waals surface area contributed by atoms with Gasteiger partial charge >= 0.3 is 12.3 Å². The van der Waals surface area contributed by atoms with Crippen molar-refractivity contribution in [1.82, 2.24) is 0 Å². The highest BCUT2D eigenvalue weighted by atomic mass is 19.4. The average molecular weight is 274 g/mol. The van der Waals surface area contributed by atoms with Crippen LogP contribution < -0.4 is 10.5 Å². The number of hydrogen-bond donors (Lipinski definition) is 1. The average Bonchev–Trinajstić information content (AvgIpc) is 2.34. The number of carbonyl (C=O) groups is 1. The van der Waals surface area contributed by atoms with Crippen LogP contribution in [0.2, 0.25) is 0 Å². The van der Waals surface area contributed by atoms with Crippen molar-refractivity contribution < 1.29 is 27.4 Å². The molecule has 5 nitrogen and oxygen atoms in total. The van der Waals surface area contributed by atoms with Crippen molar-refractivity contribution in [3.63, 3.8) is 0 Å². The second-order valence-corrected chi connectivity index (χ2v) is 3.36. The lowest BCUT2D eigenvalue weighted by Gasteiger charge is -2.15. The summed E-state index contributed by atoms with van der Waals surface area (Å²) in [5.74, 6) is -1.58. The monoisotopic (exact) mass is 274 g/mol. The molecular formula is C11H9F3N2O3. The lowest BCUT2D eigenvalue weighted by molar-refractivity contribution is -0.274. The maximum absolute atomic E-state index is 12.2. The predicted molar refractivity (Wildman–Crippen MR) is 57.1 cm³/mol. The first-order valence-corrected chi connectivity index (χ1v) is 4.93. The number of ether oxygens (including phenoxy) is 2. The van der Waals surface area contributed by atoms with E-state index < -0.39 is 18.1 Å². The molecule has 0 unspecified atom stereocenters. The minimum absolute atomic E-state index is 0.170. The summed E-state index contributed by atoms with van der Waals surface area (Å²) >= 11 is 0. The van der Waals surface area contributed by atoms with Gasteiger partial charge in [-0.15, -0.1) is 13.2 Å². The van der Waals surface area contributed by atoms with Gasteiger partial charge in [-0.05, 0) is 12.1 Å². The zero-order chi connectivity index (χ0) is 14.6. The molecule has 0 aliphatic heterocycles. The first kappa shape index (κ1) is 14.8. The van der Waals surface area contributed by atoms with E-state index in [2.05, 4.69) is 9.47 Å². The molecule has 0 heterocycles. The van der Waals surface area contributed by atoms with Crippen molar-refractivity contribution in [2.45, 2.75) is 12.9 Å². The number of rotatable bonds is 3. The van der Waals surface area contributed by atoms with Crippen molar-refractivity contribution in [1.29, 1.82) is 5.26 Å². The van der Waals surface area contributed by atoms with Crippen molar-refractivity contribution in [2.75, 3.05) is 7.11 Å². The smallest absolute Gasteiger partial charge is 0.465 e. The molecule has 0 saturated carbocycles. The van der Waals surface area contributed by atoms with Crippen LogP contribution in [0.5, 0.6) is 5.75 Å². The van der Waals surface area contributed by atoms with E-state index in [1.807, 2.05) is 0 Å². The standard InChI is InChI=1S/C11H9F3N2O3/c1-18-10(17)7-2-6(4-15)3-9(8(7)5-16)19-11(12,13)14/h2-3H,5,16H2,1H3. The fourth-order valence-electron chi connectivity index (χ4n) is 1.43. The number of nitrogens with zero attached hydrogens (tertiary/aromatic N) is 1. The first-order valence-electron chi connectivity index (χ1n) is 4.93. The third-order valence-corrected chi connectivity index (χ3v) is 2.17. The molecule has 0 aliphatic rings. The van der Waals surface area contributed by atoms with E-state index in [9.17, 15) is 18.0 Å². The number of carbonyl (C=O) groups excluding carboxylic acids is 1. The maximum atomic E-state index is 12.2. The Morgan fingerprint density at radius 1 is 1.47 bits per heavy atom. The Balaban J connectivity index is 3.44. The van der Waals surface area contributed by atoms with E-state index >= 15 is 0 Å². The van der Waals surface area contributed by atoms with Gasteiger partial charge in [0.05, 0.1) is 24.3 Å². The fraction of sp³-hybridized carbons (Fsp3) is 0.273. The Labute approximate surface area is 106 Å². The van der Waals surface area contributed by atoms with Crippen LogP contribution in [-0.2, 0) is 11.3 Å². The molecule has 0 fully saturated rings. The molecule has 8 heteroatoms. The van der Waals surface area contributed by atoms with Gasteiger partial charge < -0.3 is 15.2 Å². The van der Waals surface area contributed by atoms with Crippen LogP contribution in [0.3, 0.4) is 0 Å². The van der Waals surface area contributed by atoms with E-state index in [-0.39, 0.29) is 23.2 Å². The van der Waals surface area contributed by atoms with E-state index in [1.54, 1.807) is 6.07 Å². The molecule has 0 atom stereocenters.